The highest BCUT2D eigenvalue weighted by atomic mass is 16.5. The summed E-state index contributed by atoms with van der Waals surface area (Å²) in [6.45, 7) is 3.68. The maximum Gasteiger partial charge on any atom is 0.123 e. The minimum absolute atomic E-state index is 0.277. The zero-order valence-corrected chi connectivity index (χ0v) is 12.1. The summed E-state index contributed by atoms with van der Waals surface area (Å²) in [5.74, 6) is 0.277. The first-order valence-electron chi connectivity index (χ1n) is 7.24. The molecule has 0 radical (unpaired) electrons. The van der Waals surface area contributed by atoms with Gasteiger partial charge in [-0.3, -0.25) is 4.90 Å². The summed E-state index contributed by atoms with van der Waals surface area (Å²) < 4.78 is 4.99. The van der Waals surface area contributed by atoms with Gasteiger partial charge in [0.15, 0.2) is 0 Å². The van der Waals surface area contributed by atoms with Gasteiger partial charge in [0.2, 0.25) is 0 Å². The van der Waals surface area contributed by atoms with Crippen LogP contribution in [-0.4, -0.2) is 38.0 Å². The molecule has 0 saturated carbocycles. The molecule has 1 aromatic carbocycles. The Labute approximate surface area is 121 Å². The Hall–Kier alpha value is -1.45. The van der Waals surface area contributed by atoms with Crippen molar-refractivity contribution in [2.24, 2.45) is 5.92 Å². The molecule has 108 valence electrons. The number of benzene rings is 1. The fourth-order valence-electron chi connectivity index (χ4n) is 2.52. The SMILES string of the molecule is COC/C=C/c1ccc(CN2CCC(C=O)CC2)cc1. The van der Waals surface area contributed by atoms with E-state index in [1.807, 2.05) is 6.08 Å². The normalized spacial score (nSPS) is 17.6. The van der Waals surface area contributed by atoms with Crippen LogP contribution in [0.5, 0.6) is 0 Å². The third-order valence-electron chi connectivity index (χ3n) is 3.78. The van der Waals surface area contributed by atoms with Crippen LogP contribution in [0.2, 0.25) is 0 Å². The van der Waals surface area contributed by atoms with E-state index in [0.717, 1.165) is 38.8 Å². The number of piperidine rings is 1. The molecule has 1 heterocycles. The van der Waals surface area contributed by atoms with Gasteiger partial charge in [0, 0.05) is 19.6 Å². The van der Waals surface area contributed by atoms with E-state index in [4.69, 9.17) is 4.74 Å². The highest BCUT2D eigenvalue weighted by Gasteiger charge is 2.18. The molecule has 1 saturated heterocycles. The first kappa shape index (κ1) is 14.9. The molecule has 0 aromatic heterocycles. The van der Waals surface area contributed by atoms with Crippen molar-refractivity contribution < 1.29 is 9.53 Å². The number of carbonyl (C=O) groups is 1. The quantitative estimate of drug-likeness (QED) is 0.746. The van der Waals surface area contributed by atoms with Crippen molar-refractivity contribution in [3.05, 3.63) is 41.5 Å². The number of likely N-dealkylation sites (tertiary alicyclic amines) is 1. The van der Waals surface area contributed by atoms with Crippen LogP contribution in [0.4, 0.5) is 0 Å². The Morgan fingerprint density at radius 3 is 2.55 bits per heavy atom. The van der Waals surface area contributed by atoms with Crippen molar-refractivity contribution in [3.63, 3.8) is 0 Å². The van der Waals surface area contributed by atoms with Gasteiger partial charge in [0.05, 0.1) is 6.61 Å². The van der Waals surface area contributed by atoms with Gasteiger partial charge in [-0.25, -0.2) is 0 Å². The fourth-order valence-corrected chi connectivity index (χ4v) is 2.52. The zero-order chi connectivity index (χ0) is 14.2. The van der Waals surface area contributed by atoms with Crippen molar-refractivity contribution in [3.8, 4) is 0 Å². The lowest BCUT2D eigenvalue weighted by molar-refractivity contribution is -0.112. The van der Waals surface area contributed by atoms with E-state index in [-0.39, 0.29) is 5.92 Å². The molecule has 0 spiro atoms. The van der Waals surface area contributed by atoms with E-state index in [1.54, 1.807) is 7.11 Å². The van der Waals surface area contributed by atoms with Crippen LogP contribution in [0, 0.1) is 5.92 Å². The third-order valence-corrected chi connectivity index (χ3v) is 3.78. The predicted octanol–water partition coefficient (Wildman–Crippen LogP) is 2.76. The molecule has 0 amide bonds. The van der Waals surface area contributed by atoms with Gasteiger partial charge >= 0.3 is 0 Å². The molecule has 0 unspecified atom stereocenters. The lowest BCUT2D eigenvalue weighted by Crippen LogP contribution is -2.33. The standard InChI is InChI=1S/C17H23NO2/c1-20-12-2-3-15-4-6-16(7-5-15)13-18-10-8-17(14-19)9-11-18/h2-7,14,17H,8-13H2,1H3/b3-2+. The summed E-state index contributed by atoms with van der Waals surface area (Å²) in [6, 6.07) is 8.63. The molecule has 20 heavy (non-hydrogen) atoms. The van der Waals surface area contributed by atoms with Crippen LogP contribution in [0.15, 0.2) is 30.3 Å². The van der Waals surface area contributed by atoms with Crippen LogP contribution >= 0.6 is 0 Å². The molecule has 1 aliphatic rings. The number of methoxy groups -OCH3 is 1. The second-order valence-corrected chi connectivity index (χ2v) is 5.35. The number of nitrogens with zero attached hydrogens (tertiary/aromatic N) is 1. The molecule has 0 aliphatic carbocycles. The number of rotatable bonds is 6. The van der Waals surface area contributed by atoms with Crippen molar-refractivity contribution in [2.75, 3.05) is 26.8 Å². The Morgan fingerprint density at radius 1 is 1.25 bits per heavy atom. The summed E-state index contributed by atoms with van der Waals surface area (Å²) in [5.41, 5.74) is 2.53. The molecule has 0 bridgehead atoms. The monoisotopic (exact) mass is 273 g/mol. The average Bonchev–Trinajstić information content (AvgIpc) is 2.50. The molecule has 3 heteroatoms. The van der Waals surface area contributed by atoms with Crippen LogP contribution < -0.4 is 0 Å². The number of hydrogen-bond acceptors (Lipinski definition) is 3. The largest absolute Gasteiger partial charge is 0.381 e. The minimum atomic E-state index is 0.277. The molecular weight excluding hydrogens is 250 g/mol. The zero-order valence-electron chi connectivity index (χ0n) is 12.1. The minimum Gasteiger partial charge on any atom is -0.381 e. The second-order valence-electron chi connectivity index (χ2n) is 5.35. The molecular formula is C17H23NO2. The highest BCUT2D eigenvalue weighted by molar-refractivity contribution is 5.53. The van der Waals surface area contributed by atoms with E-state index in [2.05, 4.69) is 35.2 Å². The smallest absolute Gasteiger partial charge is 0.123 e. The summed E-state index contributed by atoms with van der Waals surface area (Å²) in [5, 5.41) is 0. The van der Waals surface area contributed by atoms with Crippen molar-refractivity contribution in [2.45, 2.75) is 19.4 Å². The van der Waals surface area contributed by atoms with E-state index in [9.17, 15) is 4.79 Å². The van der Waals surface area contributed by atoms with Crippen LogP contribution in [0.1, 0.15) is 24.0 Å². The van der Waals surface area contributed by atoms with Crippen LogP contribution in [0.25, 0.3) is 6.08 Å². The number of hydrogen-bond donors (Lipinski definition) is 0. The average molecular weight is 273 g/mol. The van der Waals surface area contributed by atoms with E-state index >= 15 is 0 Å². The van der Waals surface area contributed by atoms with Crippen LogP contribution in [0.3, 0.4) is 0 Å². The van der Waals surface area contributed by atoms with Gasteiger partial charge in [0.1, 0.15) is 6.29 Å². The van der Waals surface area contributed by atoms with Crippen molar-refractivity contribution in [1.82, 2.24) is 4.90 Å². The molecule has 1 aromatic rings. The topological polar surface area (TPSA) is 29.5 Å². The third kappa shape index (κ3) is 4.58. The lowest BCUT2D eigenvalue weighted by atomic mass is 9.98. The summed E-state index contributed by atoms with van der Waals surface area (Å²) in [6.07, 6.45) is 7.20. The Bertz CT molecular complexity index is 431. The Balaban J connectivity index is 1.83. The summed E-state index contributed by atoms with van der Waals surface area (Å²) >= 11 is 0. The number of carbonyl (C=O) groups excluding carboxylic acids is 1. The maximum absolute atomic E-state index is 10.7. The second kappa shape index (κ2) is 7.98. The Morgan fingerprint density at radius 2 is 1.95 bits per heavy atom. The first-order valence-corrected chi connectivity index (χ1v) is 7.24. The van der Waals surface area contributed by atoms with E-state index < -0.39 is 0 Å². The fraction of sp³-hybridized carbons (Fsp3) is 0.471. The van der Waals surface area contributed by atoms with Gasteiger partial charge < -0.3 is 9.53 Å². The Kier molecular flexibility index (Phi) is 5.96. The molecule has 1 aliphatic heterocycles. The van der Waals surface area contributed by atoms with Gasteiger partial charge in [-0.2, -0.15) is 0 Å². The summed E-state index contributed by atoms with van der Waals surface area (Å²) in [7, 11) is 1.70. The molecule has 2 rings (SSSR count). The predicted molar refractivity (Wildman–Crippen MR) is 81.4 cm³/mol. The number of ether oxygens (including phenoxy) is 1. The van der Waals surface area contributed by atoms with E-state index in [1.165, 1.54) is 11.1 Å². The van der Waals surface area contributed by atoms with Gasteiger partial charge in [-0.05, 0) is 37.1 Å². The van der Waals surface area contributed by atoms with Gasteiger partial charge in [-0.1, -0.05) is 36.4 Å². The molecule has 0 atom stereocenters. The van der Waals surface area contributed by atoms with Crippen molar-refractivity contribution in [1.29, 1.82) is 0 Å². The van der Waals surface area contributed by atoms with E-state index in [0.29, 0.717) is 6.61 Å². The van der Waals surface area contributed by atoms with Gasteiger partial charge in [0.25, 0.3) is 0 Å². The number of aldehydes is 1. The highest BCUT2D eigenvalue weighted by Crippen LogP contribution is 2.17. The molecule has 1 fully saturated rings. The van der Waals surface area contributed by atoms with Gasteiger partial charge in [-0.15, -0.1) is 0 Å². The molecule has 0 N–H and O–H groups in total. The maximum atomic E-state index is 10.7. The van der Waals surface area contributed by atoms with Crippen LogP contribution in [-0.2, 0) is 16.1 Å². The first-order chi connectivity index (χ1) is 9.81. The van der Waals surface area contributed by atoms with Crippen molar-refractivity contribution >= 4 is 12.4 Å². The molecule has 3 nitrogen and oxygen atoms in total. The summed E-state index contributed by atoms with van der Waals surface area (Å²) in [4.78, 5) is 13.2. The lowest BCUT2D eigenvalue weighted by Gasteiger charge is -2.29.